The van der Waals surface area contributed by atoms with Gasteiger partial charge in [-0.1, -0.05) is 19.8 Å². The number of aliphatic imine (C=N–C) groups is 1. The number of imidazole rings is 1. The van der Waals surface area contributed by atoms with Gasteiger partial charge in [0.25, 0.3) is 0 Å². The first-order valence-corrected chi connectivity index (χ1v) is 10.3. The molecule has 1 aliphatic carbocycles. The molecule has 3 aliphatic rings. The summed E-state index contributed by atoms with van der Waals surface area (Å²) in [7, 11) is 0. The Morgan fingerprint density at radius 1 is 1.22 bits per heavy atom. The molecule has 27 heavy (non-hydrogen) atoms. The molecule has 2 aromatic rings. The summed E-state index contributed by atoms with van der Waals surface area (Å²) in [6.07, 6.45) is 10.8. The second kappa shape index (κ2) is 6.66. The van der Waals surface area contributed by atoms with Gasteiger partial charge in [0, 0.05) is 31.4 Å². The second-order valence-corrected chi connectivity index (χ2v) is 8.13. The van der Waals surface area contributed by atoms with E-state index in [2.05, 4.69) is 28.9 Å². The van der Waals surface area contributed by atoms with E-state index in [1.807, 2.05) is 17.0 Å². The quantitative estimate of drug-likeness (QED) is 0.881. The van der Waals surface area contributed by atoms with Crippen LogP contribution in [0.1, 0.15) is 62.9 Å². The van der Waals surface area contributed by atoms with Crippen LogP contribution in [-0.4, -0.2) is 38.7 Å². The van der Waals surface area contributed by atoms with Crippen LogP contribution in [-0.2, 0) is 11.3 Å². The number of anilines is 1. The van der Waals surface area contributed by atoms with E-state index in [0.717, 1.165) is 49.0 Å². The number of H-pyrrole nitrogens is 1. The van der Waals surface area contributed by atoms with Gasteiger partial charge in [-0.25, -0.2) is 4.98 Å². The maximum absolute atomic E-state index is 13.2. The number of aromatic nitrogens is 3. The molecule has 1 N–H and O–H groups in total. The zero-order valence-electron chi connectivity index (χ0n) is 15.9. The number of carbonyl (C=O) groups is 1. The molecular formula is C21H27N5O. The van der Waals surface area contributed by atoms with E-state index in [1.165, 1.54) is 25.7 Å². The Balaban J connectivity index is 1.51. The van der Waals surface area contributed by atoms with Crippen molar-refractivity contribution in [3.63, 3.8) is 0 Å². The Morgan fingerprint density at radius 2 is 2.00 bits per heavy atom. The highest BCUT2D eigenvalue weighted by Crippen LogP contribution is 2.40. The third kappa shape index (κ3) is 2.82. The topological polar surface area (TPSA) is 66.3 Å². The molecular weight excluding hydrogens is 338 g/mol. The van der Waals surface area contributed by atoms with Gasteiger partial charge in [-0.05, 0) is 37.8 Å². The second-order valence-electron chi connectivity index (χ2n) is 8.13. The first-order chi connectivity index (χ1) is 13.2. The lowest BCUT2D eigenvalue weighted by atomic mass is 9.92. The highest BCUT2D eigenvalue weighted by molar-refractivity contribution is 6.23. The number of nitrogens with one attached hydrogen (secondary N) is 1. The minimum atomic E-state index is -0.124. The van der Waals surface area contributed by atoms with Gasteiger partial charge in [0.15, 0.2) is 5.82 Å². The smallest absolute Gasteiger partial charge is 0.237 e. The molecule has 5 rings (SSSR count). The normalized spacial score (nSPS) is 25.0. The number of aromatic amines is 1. The van der Waals surface area contributed by atoms with Crippen molar-refractivity contribution in [2.45, 2.75) is 64.0 Å². The molecule has 0 spiro atoms. The Hall–Kier alpha value is -2.37. The SMILES string of the molecule is CCCN1C(=O)C2CC(Cn3cccc3)N=C2c2[nH]c(C3CCCC3)nc21. The summed E-state index contributed by atoms with van der Waals surface area (Å²) in [6, 6.07) is 4.21. The molecule has 0 radical (unpaired) electrons. The monoisotopic (exact) mass is 365 g/mol. The van der Waals surface area contributed by atoms with E-state index in [-0.39, 0.29) is 17.9 Å². The summed E-state index contributed by atoms with van der Waals surface area (Å²) in [5.41, 5.74) is 1.95. The number of carbonyl (C=O) groups excluding carboxylic acids is 1. The summed E-state index contributed by atoms with van der Waals surface area (Å²) >= 11 is 0. The van der Waals surface area contributed by atoms with E-state index in [9.17, 15) is 4.79 Å². The fourth-order valence-electron chi connectivity index (χ4n) is 4.91. The maximum Gasteiger partial charge on any atom is 0.237 e. The molecule has 6 nitrogen and oxygen atoms in total. The molecule has 1 saturated carbocycles. The predicted molar refractivity (Wildman–Crippen MR) is 105 cm³/mol. The number of rotatable bonds is 5. The Kier molecular flexibility index (Phi) is 4.14. The molecule has 2 atom stereocenters. The third-order valence-electron chi connectivity index (χ3n) is 6.22. The van der Waals surface area contributed by atoms with Gasteiger partial charge in [0.1, 0.15) is 11.5 Å². The summed E-state index contributed by atoms with van der Waals surface area (Å²) < 4.78 is 2.15. The zero-order chi connectivity index (χ0) is 18.4. The Morgan fingerprint density at radius 3 is 2.74 bits per heavy atom. The highest BCUT2D eigenvalue weighted by atomic mass is 16.2. The lowest BCUT2D eigenvalue weighted by molar-refractivity contribution is -0.120. The number of hydrogen-bond acceptors (Lipinski definition) is 3. The van der Waals surface area contributed by atoms with Crippen molar-refractivity contribution in [2.75, 3.05) is 11.4 Å². The zero-order valence-corrected chi connectivity index (χ0v) is 15.9. The molecule has 0 saturated heterocycles. The summed E-state index contributed by atoms with van der Waals surface area (Å²) in [5, 5.41) is 0. The summed E-state index contributed by atoms with van der Waals surface area (Å²) in [5.74, 6) is 2.44. The van der Waals surface area contributed by atoms with Crippen LogP contribution in [0.3, 0.4) is 0 Å². The van der Waals surface area contributed by atoms with Gasteiger partial charge in [-0.3, -0.25) is 14.7 Å². The molecule has 4 heterocycles. The average Bonchev–Trinajstić information content (AvgIpc) is 3.44. The molecule has 2 aliphatic heterocycles. The minimum Gasteiger partial charge on any atom is -0.352 e. The summed E-state index contributed by atoms with van der Waals surface area (Å²) in [4.78, 5) is 28.6. The molecule has 0 aromatic carbocycles. The number of hydrogen-bond donors (Lipinski definition) is 1. The van der Waals surface area contributed by atoms with Crippen molar-refractivity contribution in [2.24, 2.45) is 10.9 Å². The van der Waals surface area contributed by atoms with Crippen LogP contribution in [0.4, 0.5) is 5.82 Å². The van der Waals surface area contributed by atoms with Crippen LogP contribution < -0.4 is 4.90 Å². The van der Waals surface area contributed by atoms with E-state index in [4.69, 9.17) is 9.98 Å². The van der Waals surface area contributed by atoms with Crippen LogP contribution in [0.5, 0.6) is 0 Å². The summed E-state index contributed by atoms with van der Waals surface area (Å²) in [6.45, 7) is 3.67. The lowest BCUT2D eigenvalue weighted by Gasteiger charge is -2.29. The molecule has 2 unspecified atom stereocenters. The van der Waals surface area contributed by atoms with E-state index in [1.54, 1.807) is 0 Å². The number of amides is 1. The van der Waals surface area contributed by atoms with Gasteiger partial charge in [0.05, 0.1) is 17.7 Å². The predicted octanol–water partition coefficient (Wildman–Crippen LogP) is 3.50. The van der Waals surface area contributed by atoms with Crippen molar-refractivity contribution < 1.29 is 4.79 Å². The van der Waals surface area contributed by atoms with Crippen molar-refractivity contribution in [3.8, 4) is 0 Å². The number of nitrogens with zero attached hydrogens (tertiary/aromatic N) is 4. The fraction of sp³-hybridized carbons (Fsp3) is 0.571. The van der Waals surface area contributed by atoms with Gasteiger partial charge in [-0.15, -0.1) is 0 Å². The van der Waals surface area contributed by atoms with E-state index >= 15 is 0 Å². The molecule has 1 fully saturated rings. The van der Waals surface area contributed by atoms with Crippen molar-refractivity contribution in [1.29, 1.82) is 0 Å². The van der Waals surface area contributed by atoms with Crippen LogP contribution >= 0.6 is 0 Å². The maximum atomic E-state index is 13.2. The largest absolute Gasteiger partial charge is 0.352 e. The minimum absolute atomic E-state index is 0.124. The molecule has 1 amide bonds. The average molecular weight is 365 g/mol. The molecule has 6 heteroatoms. The first kappa shape index (κ1) is 16.8. The van der Waals surface area contributed by atoms with Gasteiger partial charge in [0.2, 0.25) is 5.91 Å². The van der Waals surface area contributed by atoms with Gasteiger partial charge >= 0.3 is 0 Å². The molecule has 0 bridgehead atoms. The standard InChI is InChI=1S/C21H27N5O/c1-2-9-26-20-18(23-19(24-20)14-7-3-4-8-14)17-16(21(26)27)12-15(22-17)13-25-10-5-6-11-25/h5-6,10-11,14-16H,2-4,7-9,12-13H2,1H3,(H,23,24). The van der Waals surface area contributed by atoms with Crippen LogP contribution in [0, 0.1) is 5.92 Å². The van der Waals surface area contributed by atoms with Gasteiger partial charge < -0.3 is 9.55 Å². The van der Waals surface area contributed by atoms with Crippen LogP contribution in [0.25, 0.3) is 0 Å². The van der Waals surface area contributed by atoms with Crippen molar-refractivity contribution >= 4 is 17.4 Å². The third-order valence-corrected chi connectivity index (χ3v) is 6.22. The lowest BCUT2D eigenvalue weighted by Crippen LogP contribution is -2.44. The van der Waals surface area contributed by atoms with Crippen molar-refractivity contribution in [3.05, 3.63) is 36.0 Å². The fourth-order valence-corrected chi connectivity index (χ4v) is 4.91. The van der Waals surface area contributed by atoms with Crippen LogP contribution in [0.2, 0.25) is 0 Å². The van der Waals surface area contributed by atoms with E-state index in [0.29, 0.717) is 5.92 Å². The number of fused-ring (bicyclic) bond motifs is 3. The van der Waals surface area contributed by atoms with E-state index < -0.39 is 0 Å². The molecule has 2 aromatic heterocycles. The Labute approximate surface area is 159 Å². The van der Waals surface area contributed by atoms with Crippen molar-refractivity contribution in [1.82, 2.24) is 14.5 Å². The van der Waals surface area contributed by atoms with Gasteiger partial charge in [-0.2, -0.15) is 0 Å². The van der Waals surface area contributed by atoms with Crippen LogP contribution in [0.15, 0.2) is 29.5 Å². The Bertz CT molecular complexity index is 859. The highest BCUT2D eigenvalue weighted by Gasteiger charge is 2.44. The first-order valence-electron chi connectivity index (χ1n) is 10.3. The molecule has 142 valence electrons.